The maximum absolute atomic E-state index is 14.7. The highest BCUT2D eigenvalue weighted by Gasteiger charge is 2.22. The fourth-order valence-electron chi connectivity index (χ4n) is 4.08. The minimum absolute atomic E-state index is 0.0875. The number of allylic oxidation sites excluding steroid dienone is 1. The van der Waals surface area contributed by atoms with Crippen LogP contribution in [0.4, 0.5) is 4.39 Å². The average molecular weight is 336 g/mol. The smallest absolute Gasteiger partial charge is 0.131 e. The first-order chi connectivity index (χ1) is 12.2. The molecule has 0 unspecified atom stereocenters. The maximum atomic E-state index is 14.7. The zero-order valence-corrected chi connectivity index (χ0v) is 15.3. The molecule has 25 heavy (non-hydrogen) atoms. The Kier molecular flexibility index (Phi) is 6.07. The summed E-state index contributed by atoms with van der Waals surface area (Å²) < 4.78 is 14.7. The van der Waals surface area contributed by atoms with Gasteiger partial charge in [0, 0.05) is 5.56 Å². The molecule has 0 aliphatic heterocycles. The fraction of sp³-hybridized carbons (Fsp3) is 0.417. The molecule has 2 aromatic carbocycles. The molecule has 0 heterocycles. The van der Waals surface area contributed by atoms with Crippen molar-refractivity contribution in [2.24, 2.45) is 5.92 Å². The van der Waals surface area contributed by atoms with E-state index in [9.17, 15) is 4.39 Å². The van der Waals surface area contributed by atoms with E-state index < -0.39 is 0 Å². The van der Waals surface area contributed by atoms with Gasteiger partial charge in [0.05, 0.1) is 0 Å². The van der Waals surface area contributed by atoms with E-state index in [0.717, 1.165) is 24.3 Å². The van der Waals surface area contributed by atoms with Crippen molar-refractivity contribution in [3.05, 3.63) is 72.1 Å². The number of hydrogen-bond acceptors (Lipinski definition) is 0. The molecule has 0 nitrogen and oxygen atoms in total. The van der Waals surface area contributed by atoms with Crippen molar-refractivity contribution in [2.45, 2.75) is 57.8 Å². The lowest BCUT2D eigenvalue weighted by molar-refractivity contribution is 0.311. The van der Waals surface area contributed by atoms with E-state index in [-0.39, 0.29) is 5.82 Å². The second-order valence-electron chi connectivity index (χ2n) is 7.37. The van der Waals surface area contributed by atoms with Crippen LogP contribution < -0.4 is 0 Å². The third-order valence-corrected chi connectivity index (χ3v) is 5.76. The van der Waals surface area contributed by atoms with E-state index in [2.05, 4.69) is 31.7 Å². The summed E-state index contributed by atoms with van der Waals surface area (Å²) in [6, 6.07) is 14.1. The molecule has 2 aromatic rings. The second-order valence-corrected chi connectivity index (χ2v) is 7.37. The molecule has 0 aromatic heterocycles. The van der Waals surface area contributed by atoms with Crippen LogP contribution in [0.15, 0.2) is 55.1 Å². The van der Waals surface area contributed by atoms with Gasteiger partial charge in [-0.2, -0.15) is 0 Å². The molecule has 1 heteroatoms. The monoisotopic (exact) mass is 336 g/mol. The maximum Gasteiger partial charge on any atom is 0.131 e. The summed E-state index contributed by atoms with van der Waals surface area (Å²) in [4.78, 5) is 0. The second kappa shape index (κ2) is 8.47. The van der Waals surface area contributed by atoms with Gasteiger partial charge in [-0.05, 0) is 79.5 Å². The number of hydrogen-bond donors (Lipinski definition) is 0. The molecule has 3 rings (SSSR count). The molecular formula is C24H29F. The highest BCUT2D eigenvalue weighted by Crippen LogP contribution is 2.38. The van der Waals surface area contributed by atoms with Crippen LogP contribution in [0, 0.1) is 11.7 Å². The third kappa shape index (κ3) is 4.39. The van der Waals surface area contributed by atoms with E-state index in [4.69, 9.17) is 0 Å². The number of rotatable bonds is 6. The Bertz CT molecular complexity index is 691. The molecule has 1 saturated carbocycles. The van der Waals surface area contributed by atoms with Gasteiger partial charge in [0.1, 0.15) is 5.82 Å². The van der Waals surface area contributed by atoms with Gasteiger partial charge in [0.25, 0.3) is 0 Å². The molecule has 0 N–H and O–H groups in total. The molecular weight excluding hydrogens is 307 g/mol. The Balaban J connectivity index is 1.68. The standard InChI is InChI=1S/C24H29F/c1-3-5-6-19-9-11-20(12-10-19)22-15-16-23(24(25)17-22)21-13-7-18(4-2)8-14-21/h3,7-8,13-17,19-20H,1,4-6,9-12H2,2H3. The summed E-state index contributed by atoms with van der Waals surface area (Å²) in [6.07, 6.45) is 10.3. The normalized spacial score (nSPS) is 20.4. The number of aryl methyl sites for hydroxylation is 1. The summed E-state index contributed by atoms with van der Waals surface area (Å²) in [5, 5.41) is 0. The SMILES string of the molecule is C=CCCC1CCC(c2ccc(-c3ccc(CC)cc3)c(F)c2)CC1. The molecule has 0 saturated heterocycles. The molecule has 1 fully saturated rings. The minimum Gasteiger partial charge on any atom is -0.206 e. The lowest BCUT2D eigenvalue weighted by Crippen LogP contribution is -2.13. The highest BCUT2D eigenvalue weighted by atomic mass is 19.1. The van der Waals surface area contributed by atoms with Gasteiger partial charge in [0.2, 0.25) is 0 Å². The summed E-state index contributed by atoms with van der Waals surface area (Å²) in [7, 11) is 0. The van der Waals surface area contributed by atoms with Gasteiger partial charge in [-0.15, -0.1) is 6.58 Å². The summed E-state index contributed by atoms with van der Waals surface area (Å²) in [5.41, 5.74) is 4.14. The molecule has 0 atom stereocenters. The van der Waals surface area contributed by atoms with E-state index in [0.29, 0.717) is 11.5 Å². The summed E-state index contributed by atoms with van der Waals surface area (Å²) in [6.45, 7) is 5.95. The highest BCUT2D eigenvalue weighted by molar-refractivity contribution is 5.65. The first kappa shape index (κ1) is 17.9. The molecule has 1 aliphatic carbocycles. The van der Waals surface area contributed by atoms with Crippen molar-refractivity contribution in [1.29, 1.82) is 0 Å². The zero-order valence-electron chi connectivity index (χ0n) is 15.3. The third-order valence-electron chi connectivity index (χ3n) is 5.76. The van der Waals surface area contributed by atoms with Crippen LogP contribution in [-0.4, -0.2) is 0 Å². The molecule has 0 bridgehead atoms. The number of halogens is 1. The largest absolute Gasteiger partial charge is 0.206 e. The predicted molar refractivity (Wildman–Crippen MR) is 105 cm³/mol. The van der Waals surface area contributed by atoms with Gasteiger partial charge >= 0.3 is 0 Å². The van der Waals surface area contributed by atoms with Crippen LogP contribution in [0.2, 0.25) is 0 Å². The van der Waals surface area contributed by atoms with Crippen LogP contribution in [0.3, 0.4) is 0 Å². The van der Waals surface area contributed by atoms with Gasteiger partial charge in [-0.1, -0.05) is 49.4 Å². The topological polar surface area (TPSA) is 0 Å². The van der Waals surface area contributed by atoms with E-state index in [1.807, 2.05) is 24.3 Å². The van der Waals surface area contributed by atoms with E-state index >= 15 is 0 Å². The fourth-order valence-corrected chi connectivity index (χ4v) is 4.08. The van der Waals surface area contributed by atoms with Crippen molar-refractivity contribution >= 4 is 0 Å². The van der Waals surface area contributed by atoms with Crippen molar-refractivity contribution in [1.82, 2.24) is 0 Å². The molecule has 0 spiro atoms. The minimum atomic E-state index is -0.0875. The molecule has 0 amide bonds. The lowest BCUT2D eigenvalue weighted by Gasteiger charge is -2.28. The van der Waals surface area contributed by atoms with Gasteiger partial charge in [0.15, 0.2) is 0 Å². The van der Waals surface area contributed by atoms with Crippen molar-refractivity contribution < 1.29 is 4.39 Å². The van der Waals surface area contributed by atoms with Crippen molar-refractivity contribution in [3.8, 4) is 11.1 Å². The van der Waals surface area contributed by atoms with Crippen LogP contribution in [-0.2, 0) is 6.42 Å². The van der Waals surface area contributed by atoms with Crippen LogP contribution in [0.25, 0.3) is 11.1 Å². The van der Waals surface area contributed by atoms with E-state index in [1.165, 1.54) is 43.2 Å². The Labute approximate surface area is 151 Å². The Morgan fingerprint density at radius 1 is 1.04 bits per heavy atom. The van der Waals surface area contributed by atoms with Gasteiger partial charge in [-0.3, -0.25) is 0 Å². The average Bonchev–Trinajstić information content (AvgIpc) is 2.67. The van der Waals surface area contributed by atoms with E-state index in [1.54, 1.807) is 6.07 Å². The number of benzene rings is 2. The molecule has 0 radical (unpaired) electrons. The lowest BCUT2D eigenvalue weighted by atomic mass is 9.77. The zero-order chi connectivity index (χ0) is 17.6. The van der Waals surface area contributed by atoms with Gasteiger partial charge in [-0.25, -0.2) is 4.39 Å². The molecule has 132 valence electrons. The van der Waals surface area contributed by atoms with Gasteiger partial charge < -0.3 is 0 Å². The Morgan fingerprint density at radius 2 is 1.76 bits per heavy atom. The first-order valence-corrected chi connectivity index (χ1v) is 9.71. The van der Waals surface area contributed by atoms with Crippen molar-refractivity contribution in [3.63, 3.8) is 0 Å². The van der Waals surface area contributed by atoms with Crippen molar-refractivity contribution in [2.75, 3.05) is 0 Å². The Hall–Kier alpha value is -1.89. The Morgan fingerprint density at radius 3 is 2.36 bits per heavy atom. The predicted octanol–water partition coefficient (Wildman–Crippen LogP) is 7.30. The summed E-state index contributed by atoms with van der Waals surface area (Å²) in [5.74, 6) is 1.26. The first-order valence-electron chi connectivity index (χ1n) is 9.71. The van der Waals surface area contributed by atoms with Crippen LogP contribution in [0.1, 0.15) is 62.5 Å². The van der Waals surface area contributed by atoms with Crippen LogP contribution >= 0.6 is 0 Å². The molecule has 1 aliphatic rings. The quantitative estimate of drug-likeness (QED) is 0.486. The summed E-state index contributed by atoms with van der Waals surface area (Å²) >= 11 is 0. The van der Waals surface area contributed by atoms with Crippen LogP contribution in [0.5, 0.6) is 0 Å².